The molecule has 168 valence electrons. The summed E-state index contributed by atoms with van der Waals surface area (Å²) < 4.78 is 0. The van der Waals surface area contributed by atoms with Gasteiger partial charge in [0.1, 0.15) is 5.82 Å². The van der Waals surface area contributed by atoms with E-state index in [9.17, 15) is 9.90 Å². The Bertz CT molecular complexity index is 966. The second kappa shape index (κ2) is 8.93. The number of anilines is 1. The Morgan fingerprint density at radius 2 is 2.13 bits per heavy atom. The average molecular weight is 445 g/mol. The van der Waals surface area contributed by atoms with E-state index in [2.05, 4.69) is 36.1 Å². The van der Waals surface area contributed by atoms with Crippen molar-refractivity contribution in [3.63, 3.8) is 0 Å². The fourth-order valence-electron chi connectivity index (χ4n) is 5.07. The largest absolute Gasteiger partial charge is 0.388 e. The maximum Gasteiger partial charge on any atom is 0.253 e. The quantitative estimate of drug-likeness (QED) is 0.735. The maximum absolute atomic E-state index is 13.1. The van der Waals surface area contributed by atoms with Crippen LogP contribution in [0.1, 0.15) is 49.4 Å². The van der Waals surface area contributed by atoms with E-state index in [0.29, 0.717) is 29.0 Å². The van der Waals surface area contributed by atoms with Crippen molar-refractivity contribution < 1.29 is 9.90 Å². The SMILES string of the molecule is CC1CCC[C@](O)(CNC(=O)c2c(Cl)ccc3nc(N4CC[C@H](N(C)C)C4)ccc23)C1. The van der Waals surface area contributed by atoms with Crippen LogP contribution in [0.2, 0.25) is 5.02 Å². The molecule has 1 aliphatic carbocycles. The van der Waals surface area contributed by atoms with Gasteiger partial charge in [-0.2, -0.15) is 0 Å². The van der Waals surface area contributed by atoms with E-state index in [1.807, 2.05) is 18.2 Å². The Labute approximate surface area is 189 Å². The number of aromatic nitrogens is 1. The highest BCUT2D eigenvalue weighted by molar-refractivity contribution is 6.35. The lowest BCUT2D eigenvalue weighted by Gasteiger charge is -2.35. The van der Waals surface area contributed by atoms with Crippen molar-refractivity contribution in [2.24, 2.45) is 5.92 Å². The molecule has 1 amide bonds. The van der Waals surface area contributed by atoms with Crippen LogP contribution in [0.3, 0.4) is 0 Å². The van der Waals surface area contributed by atoms with Crippen LogP contribution in [0.15, 0.2) is 24.3 Å². The number of nitrogens with one attached hydrogen (secondary N) is 1. The van der Waals surface area contributed by atoms with E-state index in [4.69, 9.17) is 16.6 Å². The van der Waals surface area contributed by atoms with Crippen molar-refractivity contribution in [1.29, 1.82) is 0 Å². The van der Waals surface area contributed by atoms with Gasteiger partial charge >= 0.3 is 0 Å². The molecule has 1 unspecified atom stereocenters. The summed E-state index contributed by atoms with van der Waals surface area (Å²) in [7, 11) is 4.22. The molecule has 1 aromatic heterocycles. The van der Waals surface area contributed by atoms with Crippen molar-refractivity contribution >= 4 is 34.2 Å². The molecule has 6 nitrogen and oxygen atoms in total. The number of carbonyl (C=O) groups excluding carboxylic acids is 1. The number of rotatable bonds is 5. The predicted molar refractivity (Wildman–Crippen MR) is 126 cm³/mol. The standard InChI is InChI=1S/C24H33ClN4O2/c1-16-5-4-11-24(31,13-16)15-26-23(30)22-18-6-9-21(27-20(18)8-7-19(22)25)29-12-10-17(14-29)28(2)3/h6-9,16-17,31H,4-5,10-15H2,1-3H3,(H,26,30)/t16?,17-,24+/m0/s1. The Balaban J connectivity index is 1.53. The molecule has 0 radical (unpaired) electrons. The number of amides is 1. The molecule has 4 rings (SSSR count). The first kappa shape index (κ1) is 22.3. The Hall–Kier alpha value is -1.89. The molecule has 1 aromatic carbocycles. The molecule has 1 saturated heterocycles. The van der Waals surface area contributed by atoms with Gasteiger partial charge < -0.3 is 20.2 Å². The number of carbonyl (C=O) groups is 1. The fourth-order valence-corrected chi connectivity index (χ4v) is 5.32. The van der Waals surface area contributed by atoms with E-state index < -0.39 is 5.60 Å². The molecule has 2 aromatic rings. The molecule has 1 aliphatic heterocycles. The van der Waals surface area contributed by atoms with Crippen LogP contribution in [-0.4, -0.2) is 66.3 Å². The van der Waals surface area contributed by atoms with Crippen LogP contribution in [0, 0.1) is 5.92 Å². The molecule has 31 heavy (non-hydrogen) atoms. The summed E-state index contributed by atoms with van der Waals surface area (Å²) in [4.78, 5) is 22.4. The van der Waals surface area contributed by atoms with E-state index >= 15 is 0 Å². The number of hydrogen-bond acceptors (Lipinski definition) is 5. The molecule has 1 saturated carbocycles. The Morgan fingerprint density at radius 1 is 1.32 bits per heavy atom. The number of halogens is 1. The van der Waals surface area contributed by atoms with Crippen molar-refractivity contribution in [3.05, 3.63) is 34.9 Å². The lowest BCUT2D eigenvalue weighted by Crippen LogP contribution is -2.45. The molecule has 2 aliphatic rings. The van der Waals surface area contributed by atoms with Crippen LogP contribution < -0.4 is 10.2 Å². The minimum absolute atomic E-state index is 0.244. The van der Waals surface area contributed by atoms with E-state index in [1.165, 1.54) is 0 Å². The molecule has 2 heterocycles. The summed E-state index contributed by atoms with van der Waals surface area (Å²) in [6, 6.07) is 8.05. The van der Waals surface area contributed by atoms with Crippen molar-refractivity contribution in [2.75, 3.05) is 38.6 Å². The van der Waals surface area contributed by atoms with Gasteiger partial charge in [0, 0.05) is 31.1 Å². The fraction of sp³-hybridized carbons (Fsp3) is 0.583. The van der Waals surface area contributed by atoms with Gasteiger partial charge in [-0.3, -0.25) is 4.79 Å². The van der Waals surface area contributed by atoms with E-state index in [0.717, 1.165) is 55.5 Å². The second-order valence-corrected chi connectivity index (χ2v) is 10.0. The second-order valence-electron chi connectivity index (χ2n) is 9.62. The molecule has 2 fully saturated rings. The molecule has 7 heteroatoms. The van der Waals surface area contributed by atoms with E-state index in [-0.39, 0.29) is 12.5 Å². The molecule has 0 spiro atoms. The molecule has 3 atom stereocenters. The summed E-state index contributed by atoms with van der Waals surface area (Å²) in [5.41, 5.74) is 0.345. The first-order valence-electron chi connectivity index (χ1n) is 11.3. The lowest BCUT2D eigenvalue weighted by molar-refractivity contribution is -0.0109. The normalized spacial score (nSPS) is 26.6. The Morgan fingerprint density at radius 3 is 2.84 bits per heavy atom. The zero-order valence-corrected chi connectivity index (χ0v) is 19.5. The third-order valence-corrected chi connectivity index (χ3v) is 7.21. The minimum Gasteiger partial charge on any atom is -0.388 e. The van der Waals surface area contributed by atoms with Crippen molar-refractivity contribution in [3.8, 4) is 0 Å². The number of likely N-dealkylation sites (N-methyl/N-ethyl adjacent to an activating group) is 1. The topological polar surface area (TPSA) is 68.7 Å². The smallest absolute Gasteiger partial charge is 0.253 e. The van der Waals surface area contributed by atoms with Gasteiger partial charge in [0.2, 0.25) is 0 Å². The number of hydrogen-bond donors (Lipinski definition) is 2. The van der Waals surface area contributed by atoms with Gasteiger partial charge in [-0.25, -0.2) is 4.98 Å². The van der Waals surface area contributed by atoms with Gasteiger partial charge in [-0.1, -0.05) is 31.4 Å². The summed E-state index contributed by atoms with van der Waals surface area (Å²) >= 11 is 6.43. The van der Waals surface area contributed by atoms with Gasteiger partial charge in [0.25, 0.3) is 5.91 Å². The number of nitrogens with zero attached hydrogens (tertiary/aromatic N) is 3. The Kier molecular flexibility index (Phi) is 6.42. The molecular formula is C24H33ClN4O2. The highest BCUT2D eigenvalue weighted by atomic mass is 35.5. The van der Waals surface area contributed by atoms with Gasteiger partial charge in [-0.05, 0) is 63.5 Å². The number of pyridine rings is 1. The van der Waals surface area contributed by atoms with Crippen LogP contribution in [0.5, 0.6) is 0 Å². The zero-order valence-electron chi connectivity index (χ0n) is 18.7. The average Bonchev–Trinajstić information content (AvgIpc) is 3.22. The summed E-state index contributed by atoms with van der Waals surface area (Å²) in [5.74, 6) is 1.14. The predicted octanol–water partition coefficient (Wildman–Crippen LogP) is 3.70. The first-order chi connectivity index (χ1) is 14.8. The number of aliphatic hydroxyl groups is 1. The molecule has 0 bridgehead atoms. The highest BCUT2D eigenvalue weighted by Crippen LogP contribution is 2.32. The lowest BCUT2D eigenvalue weighted by atomic mass is 9.79. The van der Waals surface area contributed by atoms with Crippen molar-refractivity contribution in [2.45, 2.75) is 50.7 Å². The maximum atomic E-state index is 13.1. The molecular weight excluding hydrogens is 412 g/mol. The van der Waals surface area contributed by atoms with Crippen LogP contribution in [0.4, 0.5) is 5.82 Å². The molecule has 2 N–H and O–H groups in total. The van der Waals surface area contributed by atoms with Crippen molar-refractivity contribution in [1.82, 2.24) is 15.2 Å². The van der Waals surface area contributed by atoms with Crippen LogP contribution in [-0.2, 0) is 0 Å². The number of fused-ring (bicyclic) bond motifs is 1. The van der Waals surface area contributed by atoms with Gasteiger partial charge in [-0.15, -0.1) is 0 Å². The number of benzene rings is 1. The first-order valence-corrected chi connectivity index (χ1v) is 11.6. The third-order valence-electron chi connectivity index (χ3n) is 6.90. The van der Waals surface area contributed by atoms with E-state index in [1.54, 1.807) is 6.07 Å². The van der Waals surface area contributed by atoms with Crippen LogP contribution >= 0.6 is 11.6 Å². The van der Waals surface area contributed by atoms with Gasteiger partial charge in [0.15, 0.2) is 0 Å². The summed E-state index contributed by atoms with van der Waals surface area (Å²) in [6.45, 7) is 4.31. The monoisotopic (exact) mass is 444 g/mol. The highest BCUT2D eigenvalue weighted by Gasteiger charge is 2.33. The van der Waals surface area contributed by atoms with Gasteiger partial charge in [0.05, 0.1) is 21.7 Å². The third kappa shape index (κ3) is 4.81. The summed E-state index contributed by atoms with van der Waals surface area (Å²) in [5, 5.41) is 14.9. The minimum atomic E-state index is -0.839. The zero-order chi connectivity index (χ0) is 22.2. The van der Waals surface area contributed by atoms with Crippen LogP contribution in [0.25, 0.3) is 10.9 Å². The summed E-state index contributed by atoms with van der Waals surface area (Å²) in [6.07, 6.45) is 4.66.